The van der Waals surface area contributed by atoms with Crippen LogP contribution in [0.2, 0.25) is 0 Å². The average Bonchev–Trinajstić information content (AvgIpc) is 2.39. The molecule has 1 aliphatic heterocycles. The van der Waals surface area contributed by atoms with Crippen LogP contribution in [0.1, 0.15) is 26.3 Å². The third-order valence-corrected chi connectivity index (χ3v) is 4.83. The van der Waals surface area contributed by atoms with Gasteiger partial charge in [0.05, 0.1) is 4.92 Å². The quantitative estimate of drug-likeness (QED) is 0.667. The maximum Gasteiger partial charge on any atom is 0.292 e. The summed E-state index contributed by atoms with van der Waals surface area (Å²) in [6.07, 6.45) is 0. The lowest BCUT2D eigenvalue weighted by Gasteiger charge is -2.37. The second-order valence-corrected chi connectivity index (χ2v) is 7.76. The minimum absolute atomic E-state index is 0.167. The van der Waals surface area contributed by atoms with E-state index in [0.29, 0.717) is 12.2 Å². The summed E-state index contributed by atoms with van der Waals surface area (Å²) in [5, 5.41) is 14.2. The predicted octanol–water partition coefficient (Wildman–Crippen LogP) is 3.35. The second-order valence-electron chi connectivity index (χ2n) is 5.96. The van der Waals surface area contributed by atoms with Crippen molar-refractivity contribution in [3.8, 4) is 0 Å². The Labute approximate surface area is 130 Å². The maximum absolute atomic E-state index is 11.2. The summed E-state index contributed by atoms with van der Waals surface area (Å²) in [7, 11) is 0. The van der Waals surface area contributed by atoms with Crippen LogP contribution in [0, 0.1) is 10.1 Å². The van der Waals surface area contributed by atoms with Crippen LogP contribution in [0.15, 0.2) is 18.2 Å². The Morgan fingerprint density at radius 1 is 1.48 bits per heavy atom. The molecule has 0 atom stereocenters. The van der Waals surface area contributed by atoms with Crippen LogP contribution in [-0.4, -0.2) is 40.0 Å². The summed E-state index contributed by atoms with van der Waals surface area (Å²) in [4.78, 5) is 13.3. The van der Waals surface area contributed by atoms with Gasteiger partial charge in [-0.15, -0.1) is 0 Å². The number of hydrogen-bond acceptors (Lipinski definition) is 5. The van der Waals surface area contributed by atoms with Gasteiger partial charge in [0.2, 0.25) is 0 Å². The fourth-order valence-corrected chi connectivity index (χ4v) is 3.85. The molecular formula is C15H23N3O2S. The summed E-state index contributed by atoms with van der Waals surface area (Å²) in [6, 6.07) is 5.51. The van der Waals surface area contributed by atoms with Crippen molar-refractivity contribution in [3.63, 3.8) is 0 Å². The van der Waals surface area contributed by atoms with E-state index in [1.807, 2.05) is 30.8 Å². The van der Waals surface area contributed by atoms with E-state index in [0.717, 1.165) is 31.0 Å². The van der Waals surface area contributed by atoms with Gasteiger partial charge in [-0.1, -0.05) is 6.07 Å². The molecule has 1 saturated heterocycles. The number of benzene rings is 1. The van der Waals surface area contributed by atoms with Crippen LogP contribution in [0.5, 0.6) is 0 Å². The van der Waals surface area contributed by atoms with Crippen molar-refractivity contribution in [1.29, 1.82) is 0 Å². The van der Waals surface area contributed by atoms with E-state index in [4.69, 9.17) is 0 Å². The Kier molecular flexibility index (Phi) is 5.11. The van der Waals surface area contributed by atoms with Crippen molar-refractivity contribution >= 4 is 23.1 Å². The van der Waals surface area contributed by atoms with Gasteiger partial charge in [-0.25, -0.2) is 0 Å². The van der Waals surface area contributed by atoms with Gasteiger partial charge in [-0.05, 0) is 32.4 Å². The fraction of sp³-hybridized carbons (Fsp3) is 0.600. The van der Waals surface area contributed by atoms with Crippen molar-refractivity contribution in [3.05, 3.63) is 33.9 Å². The van der Waals surface area contributed by atoms with Gasteiger partial charge in [0.1, 0.15) is 5.69 Å². The van der Waals surface area contributed by atoms with Crippen LogP contribution >= 0.6 is 11.8 Å². The van der Waals surface area contributed by atoms with Gasteiger partial charge in [-0.2, -0.15) is 11.8 Å². The first-order valence-electron chi connectivity index (χ1n) is 7.29. The van der Waals surface area contributed by atoms with Crippen molar-refractivity contribution in [2.24, 2.45) is 0 Å². The topological polar surface area (TPSA) is 58.4 Å². The summed E-state index contributed by atoms with van der Waals surface area (Å²) in [6.45, 7) is 9.94. The lowest BCUT2D eigenvalue weighted by Crippen LogP contribution is -2.42. The monoisotopic (exact) mass is 309 g/mol. The first kappa shape index (κ1) is 16.1. The van der Waals surface area contributed by atoms with E-state index < -0.39 is 0 Å². The molecule has 1 N–H and O–H groups in total. The highest BCUT2D eigenvalue weighted by Crippen LogP contribution is 2.31. The molecule has 0 amide bonds. The summed E-state index contributed by atoms with van der Waals surface area (Å²) >= 11 is 1.99. The van der Waals surface area contributed by atoms with Crippen molar-refractivity contribution in [2.45, 2.75) is 32.1 Å². The molecule has 0 aliphatic carbocycles. The molecule has 0 bridgehead atoms. The molecule has 6 heteroatoms. The zero-order chi connectivity index (χ0) is 15.5. The van der Waals surface area contributed by atoms with Gasteiger partial charge in [0, 0.05) is 42.7 Å². The van der Waals surface area contributed by atoms with Crippen molar-refractivity contribution < 1.29 is 4.92 Å². The lowest BCUT2D eigenvalue weighted by atomic mass is 10.1. The van der Waals surface area contributed by atoms with Crippen molar-refractivity contribution in [2.75, 3.05) is 30.7 Å². The number of anilines is 1. The minimum atomic E-state index is -0.308. The largest absolute Gasteiger partial charge is 0.380 e. The van der Waals surface area contributed by atoms with Gasteiger partial charge >= 0.3 is 0 Å². The number of nitrogens with one attached hydrogen (secondary N) is 1. The van der Waals surface area contributed by atoms with E-state index in [9.17, 15) is 10.1 Å². The van der Waals surface area contributed by atoms with Crippen LogP contribution in [0.25, 0.3) is 0 Å². The lowest BCUT2D eigenvalue weighted by molar-refractivity contribution is -0.384. The molecule has 1 aromatic carbocycles. The Balaban J connectivity index is 2.13. The first-order chi connectivity index (χ1) is 9.91. The second kappa shape index (κ2) is 6.66. The molecule has 21 heavy (non-hydrogen) atoms. The van der Waals surface area contributed by atoms with Gasteiger partial charge in [0.15, 0.2) is 0 Å². The Hall–Kier alpha value is -1.27. The van der Waals surface area contributed by atoms with Gasteiger partial charge < -0.3 is 5.32 Å². The zero-order valence-electron chi connectivity index (χ0n) is 12.9. The van der Waals surface area contributed by atoms with Crippen LogP contribution < -0.4 is 5.32 Å². The number of rotatable bonds is 5. The number of nitro benzene ring substituents is 1. The van der Waals surface area contributed by atoms with Crippen LogP contribution in [0.3, 0.4) is 0 Å². The molecule has 0 saturated carbocycles. The zero-order valence-corrected chi connectivity index (χ0v) is 13.7. The molecule has 0 spiro atoms. The highest BCUT2D eigenvalue weighted by Gasteiger charge is 2.27. The number of hydrogen-bond donors (Lipinski definition) is 1. The van der Waals surface area contributed by atoms with E-state index in [1.54, 1.807) is 6.07 Å². The Morgan fingerprint density at radius 3 is 2.86 bits per heavy atom. The first-order valence-corrected chi connectivity index (χ1v) is 8.27. The molecule has 5 nitrogen and oxygen atoms in total. The van der Waals surface area contributed by atoms with Gasteiger partial charge in [-0.3, -0.25) is 15.0 Å². The summed E-state index contributed by atoms with van der Waals surface area (Å²) in [5.41, 5.74) is 1.77. The van der Waals surface area contributed by atoms with E-state index in [1.165, 1.54) is 0 Å². The summed E-state index contributed by atoms with van der Waals surface area (Å²) < 4.78 is 0.258. The number of nitro groups is 1. The molecule has 0 unspecified atom stereocenters. The highest BCUT2D eigenvalue weighted by molar-refractivity contribution is 8.00. The molecule has 1 aliphatic rings. The van der Waals surface area contributed by atoms with E-state index in [2.05, 4.69) is 24.1 Å². The SMILES string of the molecule is CCNc1ccc(CN2CCSC(C)(C)C2)cc1[N+](=O)[O-]. The maximum atomic E-state index is 11.2. The number of nitrogens with zero attached hydrogens (tertiary/aromatic N) is 2. The fourth-order valence-electron chi connectivity index (χ4n) is 2.67. The predicted molar refractivity (Wildman–Crippen MR) is 89.1 cm³/mol. The van der Waals surface area contributed by atoms with E-state index >= 15 is 0 Å². The molecule has 116 valence electrons. The van der Waals surface area contributed by atoms with E-state index in [-0.39, 0.29) is 15.4 Å². The average molecular weight is 309 g/mol. The molecule has 0 aromatic heterocycles. The molecular weight excluding hydrogens is 286 g/mol. The third-order valence-electron chi connectivity index (χ3n) is 3.54. The normalized spacial score (nSPS) is 18.4. The number of thioether (sulfide) groups is 1. The smallest absolute Gasteiger partial charge is 0.292 e. The molecule has 1 fully saturated rings. The van der Waals surface area contributed by atoms with Crippen molar-refractivity contribution in [1.82, 2.24) is 4.90 Å². The molecule has 0 radical (unpaired) electrons. The Morgan fingerprint density at radius 2 is 2.24 bits per heavy atom. The highest BCUT2D eigenvalue weighted by atomic mass is 32.2. The standard InChI is InChI=1S/C15H23N3O2S/c1-4-16-13-6-5-12(9-14(13)18(19)20)10-17-7-8-21-15(2,3)11-17/h5-6,9,16H,4,7-8,10-11H2,1-3H3. The Bertz CT molecular complexity index is 520. The van der Waals surface area contributed by atoms with Crippen LogP contribution in [0.4, 0.5) is 11.4 Å². The third kappa shape index (κ3) is 4.35. The summed E-state index contributed by atoms with van der Waals surface area (Å²) in [5.74, 6) is 1.12. The molecule has 2 rings (SSSR count). The minimum Gasteiger partial charge on any atom is -0.380 e. The molecule has 1 heterocycles. The van der Waals surface area contributed by atoms with Crippen LogP contribution in [-0.2, 0) is 6.54 Å². The molecule has 1 aromatic rings. The van der Waals surface area contributed by atoms with Gasteiger partial charge in [0.25, 0.3) is 5.69 Å².